The Morgan fingerprint density at radius 3 is 1.28 bits per heavy atom. The summed E-state index contributed by atoms with van der Waals surface area (Å²) in [5, 5.41) is 15.6. The molecule has 0 saturated heterocycles. The van der Waals surface area contributed by atoms with Crippen LogP contribution < -0.4 is 4.90 Å². The summed E-state index contributed by atoms with van der Waals surface area (Å²) in [6.07, 6.45) is 18.1. The van der Waals surface area contributed by atoms with E-state index in [1.807, 2.05) is 24.3 Å². The molecule has 0 unspecified atom stereocenters. The second-order valence-corrected chi connectivity index (χ2v) is 15.8. The highest BCUT2D eigenvalue weighted by Crippen LogP contribution is 2.46. The summed E-state index contributed by atoms with van der Waals surface area (Å²) in [5.74, 6) is -1.83. The number of ether oxygens (including phenoxy) is 2. The van der Waals surface area contributed by atoms with Crippen LogP contribution in [0.15, 0.2) is 72.8 Å². The van der Waals surface area contributed by atoms with Crippen molar-refractivity contribution in [3.05, 3.63) is 95.1 Å². The SMILES string of the molecule is CCCCCCCCCCOC(=O)c1ccc2c3ccc4c5c(ccc(c6ccc(C(=O)OCCCCCCCCCC)c1c26)c53)C(=O)N(c1ccc(O)cc1)C4=O. The highest BCUT2D eigenvalue weighted by Gasteiger charge is 2.35. The number of rotatable bonds is 21. The first-order valence-corrected chi connectivity index (χ1v) is 21.6. The molecule has 0 saturated carbocycles. The molecule has 302 valence electrons. The Kier molecular flexibility index (Phi) is 13.2. The second kappa shape index (κ2) is 18.8. The van der Waals surface area contributed by atoms with Crippen LogP contribution in [0.4, 0.5) is 5.69 Å². The van der Waals surface area contributed by atoms with Gasteiger partial charge >= 0.3 is 11.9 Å². The summed E-state index contributed by atoms with van der Waals surface area (Å²) < 4.78 is 11.8. The third kappa shape index (κ3) is 8.25. The van der Waals surface area contributed by atoms with E-state index in [9.17, 15) is 24.3 Å². The zero-order valence-corrected chi connectivity index (χ0v) is 34.0. The van der Waals surface area contributed by atoms with Crippen LogP contribution in [-0.2, 0) is 9.47 Å². The lowest BCUT2D eigenvalue weighted by Crippen LogP contribution is -2.40. The van der Waals surface area contributed by atoms with Crippen LogP contribution >= 0.6 is 0 Å². The average molecular weight is 782 g/mol. The number of phenolic OH excluding ortho intramolecular Hbond substituents is 1. The number of aromatic hydroxyl groups is 1. The molecular formula is C50H55NO7. The molecular weight excluding hydrogens is 727 g/mol. The number of nitrogens with zero attached hydrogens (tertiary/aromatic N) is 1. The molecule has 0 fully saturated rings. The van der Waals surface area contributed by atoms with Crippen molar-refractivity contribution in [2.75, 3.05) is 18.1 Å². The van der Waals surface area contributed by atoms with Gasteiger partial charge in [0.25, 0.3) is 11.8 Å². The molecule has 8 nitrogen and oxygen atoms in total. The largest absolute Gasteiger partial charge is 0.508 e. The van der Waals surface area contributed by atoms with Crippen LogP contribution in [0.3, 0.4) is 0 Å². The van der Waals surface area contributed by atoms with Crippen LogP contribution in [0.5, 0.6) is 5.75 Å². The van der Waals surface area contributed by atoms with Crippen LogP contribution in [0.25, 0.3) is 43.1 Å². The fourth-order valence-corrected chi connectivity index (χ4v) is 8.71. The summed E-state index contributed by atoms with van der Waals surface area (Å²) in [6.45, 7) is 5.03. The van der Waals surface area contributed by atoms with Gasteiger partial charge in [0.2, 0.25) is 0 Å². The van der Waals surface area contributed by atoms with Gasteiger partial charge in [0.15, 0.2) is 0 Å². The number of hydrogen-bond donors (Lipinski definition) is 1. The van der Waals surface area contributed by atoms with Gasteiger partial charge in [-0.25, -0.2) is 14.5 Å². The van der Waals surface area contributed by atoms with E-state index in [-0.39, 0.29) is 5.75 Å². The fourth-order valence-electron chi connectivity index (χ4n) is 8.71. The summed E-state index contributed by atoms with van der Waals surface area (Å²) in [4.78, 5) is 57.1. The van der Waals surface area contributed by atoms with E-state index in [2.05, 4.69) is 13.8 Å². The van der Waals surface area contributed by atoms with Crippen molar-refractivity contribution in [1.29, 1.82) is 0 Å². The highest BCUT2D eigenvalue weighted by molar-refractivity contribution is 6.43. The monoisotopic (exact) mass is 781 g/mol. The second-order valence-electron chi connectivity index (χ2n) is 15.8. The Balaban J connectivity index is 1.23. The number of hydrogen-bond acceptors (Lipinski definition) is 7. The molecule has 0 aromatic heterocycles. The van der Waals surface area contributed by atoms with Crippen molar-refractivity contribution in [3.63, 3.8) is 0 Å². The molecule has 0 spiro atoms. The number of imide groups is 1. The minimum absolute atomic E-state index is 0.0345. The molecule has 6 aromatic carbocycles. The number of carbonyl (C=O) groups excluding carboxylic acids is 4. The predicted octanol–water partition coefficient (Wildman–Crippen LogP) is 12.8. The molecule has 1 heterocycles. The Morgan fingerprint density at radius 2 is 0.845 bits per heavy atom. The van der Waals surface area contributed by atoms with Gasteiger partial charge in [0, 0.05) is 21.9 Å². The third-order valence-corrected chi connectivity index (χ3v) is 11.8. The van der Waals surface area contributed by atoms with Crippen LogP contribution in [-0.4, -0.2) is 42.1 Å². The molecule has 6 aromatic rings. The summed E-state index contributed by atoms with van der Waals surface area (Å²) in [6, 6.07) is 20.5. The van der Waals surface area contributed by atoms with E-state index in [0.717, 1.165) is 75.7 Å². The Morgan fingerprint density at radius 1 is 0.466 bits per heavy atom. The van der Waals surface area contributed by atoms with Crippen molar-refractivity contribution in [1.82, 2.24) is 0 Å². The maximum Gasteiger partial charge on any atom is 0.338 e. The number of phenols is 1. The molecule has 1 N–H and O–H groups in total. The Bertz CT molecular complexity index is 2290. The number of fused-ring (bicyclic) bond motifs is 2. The zero-order chi connectivity index (χ0) is 40.6. The van der Waals surface area contributed by atoms with Crippen LogP contribution in [0.2, 0.25) is 0 Å². The van der Waals surface area contributed by atoms with Crippen molar-refractivity contribution >= 4 is 72.5 Å². The van der Waals surface area contributed by atoms with Gasteiger partial charge in [0.05, 0.1) is 30.0 Å². The topological polar surface area (TPSA) is 110 Å². The lowest BCUT2D eigenvalue weighted by atomic mass is 9.83. The van der Waals surface area contributed by atoms with Crippen molar-refractivity contribution < 1.29 is 33.8 Å². The van der Waals surface area contributed by atoms with Crippen LogP contribution in [0, 0.1) is 0 Å². The van der Waals surface area contributed by atoms with E-state index in [1.54, 1.807) is 36.4 Å². The average Bonchev–Trinajstić information content (AvgIpc) is 3.23. The first-order chi connectivity index (χ1) is 28.3. The molecule has 0 bridgehead atoms. The zero-order valence-electron chi connectivity index (χ0n) is 34.0. The molecule has 58 heavy (non-hydrogen) atoms. The minimum Gasteiger partial charge on any atom is -0.508 e. The number of benzene rings is 6. The highest BCUT2D eigenvalue weighted by atomic mass is 16.5. The number of unbranched alkanes of at least 4 members (excludes halogenated alkanes) is 14. The number of esters is 2. The third-order valence-electron chi connectivity index (χ3n) is 11.8. The maximum atomic E-state index is 14.0. The van der Waals surface area contributed by atoms with E-state index >= 15 is 0 Å². The van der Waals surface area contributed by atoms with E-state index in [4.69, 9.17) is 9.47 Å². The number of carbonyl (C=O) groups is 4. The van der Waals surface area contributed by atoms with Gasteiger partial charge < -0.3 is 14.6 Å². The van der Waals surface area contributed by atoms with Crippen molar-refractivity contribution in [2.45, 2.75) is 117 Å². The number of amides is 2. The van der Waals surface area contributed by atoms with Crippen LogP contribution in [0.1, 0.15) is 158 Å². The van der Waals surface area contributed by atoms with Crippen molar-refractivity contribution in [2.24, 2.45) is 0 Å². The molecule has 1 aliphatic heterocycles. The van der Waals surface area contributed by atoms with Gasteiger partial charge in [0.1, 0.15) is 5.75 Å². The lowest BCUT2D eigenvalue weighted by molar-refractivity contribution is 0.0498. The molecule has 0 radical (unpaired) electrons. The molecule has 0 aliphatic carbocycles. The van der Waals surface area contributed by atoms with Gasteiger partial charge in [-0.1, -0.05) is 128 Å². The summed E-state index contributed by atoms with van der Waals surface area (Å²) in [7, 11) is 0. The minimum atomic E-state index is -0.481. The molecule has 7 rings (SSSR count). The van der Waals surface area contributed by atoms with E-state index < -0.39 is 23.8 Å². The standard InChI is InChI=1S/C50H55NO7/c1-3-5-7-9-11-13-15-17-31-57-49(55)41-29-25-37-35-23-27-39-45-40(48(54)51(47(39)53)33-19-21-34(52)22-20-33)28-24-36(43(35)45)38-26-30-42(46(41)44(37)38)50(56)58-32-18-16-14-12-10-8-6-4-2/h19-30,52H,3-18,31-32H2,1-2H3. The normalized spacial score (nSPS) is 12.8. The molecule has 2 amide bonds. The smallest absolute Gasteiger partial charge is 0.338 e. The Labute approximate surface area is 340 Å². The van der Waals surface area contributed by atoms with Gasteiger partial charge in [-0.2, -0.15) is 0 Å². The van der Waals surface area contributed by atoms with Gasteiger partial charge in [-0.15, -0.1) is 0 Å². The summed E-state index contributed by atoms with van der Waals surface area (Å²) in [5.41, 5.74) is 1.77. The number of anilines is 1. The first kappa shape index (κ1) is 40.7. The summed E-state index contributed by atoms with van der Waals surface area (Å²) >= 11 is 0. The first-order valence-electron chi connectivity index (χ1n) is 21.6. The van der Waals surface area contributed by atoms with E-state index in [0.29, 0.717) is 51.9 Å². The maximum absolute atomic E-state index is 14.0. The van der Waals surface area contributed by atoms with Gasteiger partial charge in [-0.3, -0.25) is 9.59 Å². The molecule has 8 heteroatoms. The van der Waals surface area contributed by atoms with Crippen molar-refractivity contribution in [3.8, 4) is 5.75 Å². The Hall–Kier alpha value is -5.50. The molecule has 0 atom stereocenters. The quantitative estimate of drug-likeness (QED) is 0.0254. The lowest BCUT2D eigenvalue weighted by Gasteiger charge is -2.28. The molecule has 1 aliphatic rings. The van der Waals surface area contributed by atoms with Gasteiger partial charge in [-0.05, 0) is 93.7 Å². The predicted molar refractivity (Wildman–Crippen MR) is 233 cm³/mol. The fraction of sp³-hybridized carbons (Fsp3) is 0.400. The van der Waals surface area contributed by atoms with E-state index in [1.165, 1.54) is 76.3 Å².